The summed E-state index contributed by atoms with van der Waals surface area (Å²) < 4.78 is 15.9. The Labute approximate surface area is 112 Å². The van der Waals surface area contributed by atoms with E-state index < -0.39 is 6.10 Å². The van der Waals surface area contributed by atoms with E-state index in [1.807, 2.05) is 18.2 Å². The lowest BCUT2D eigenvalue weighted by molar-refractivity contribution is 0.165. The first kappa shape index (κ1) is 12.7. The van der Waals surface area contributed by atoms with Crippen molar-refractivity contribution >= 4 is 0 Å². The topological polar surface area (TPSA) is 60.0 Å². The van der Waals surface area contributed by atoms with Crippen LogP contribution in [0, 0.1) is 5.92 Å². The molecule has 5 heteroatoms. The first-order chi connectivity index (χ1) is 9.33. The van der Waals surface area contributed by atoms with Gasteiger partial charge in [0.15, 0.2) is 11.5 Å². The highest BCUT2D eigenvalue weighted by Crippen LogP contribution is 2.34. The number of aliphatic hydroxyl groups excluding tert-OH is 1. The molecule has 2 aliphatic rings. The zero-order chi connectivity index (χ0) is 13.1. The van der Waals surface area contributed by atoms with Crippen molar-refractivity contribution in [2.24, 2.45) is 5.92 Å². The van der Waals surface area contributed by atoms with Gasteiger partial charge in [0.05, 0.1) is 12.7 Å². The second-order valence-corrected chi connectivity index (χ2v) is 5.02. The second-order valence-electron chi connectivity index (χ2n) is 5.02. The minimum Gasteiger partial charge on any atom is -0.454 e. The molecule has 0 saturated carbocycles. The van der Waals surface area contributed by atoms with E-state index in [0.717, 1.165) is 37.5 Å². The van der Waals surface area contributed by atoms with Crippen LogP contribution >= 0.6 is 0 Å². The third kappa shape index (κ3) is 3.00. The van der Waals surface area contributed by atoms with Crippen molar-refractivity contribution in [1.29, 1.82) is 0 Å². The lowest BCUT2D eigenvalue weighted by Crippen LogP contribution is -2.27. The fourth-order valence-electron chi connectivity index (χ4n) is 2.41. The Bertz CT molecular complexity index is 431. The van der Waals surface area contributed by atoms with Gasteiger partial charge in [-0.25, -0.2) is 0 Å². The summed E-state index contributed by atoms with van der Waals surface area (Å²) in [5.41, 5.74) is 0.847. The van der Waals surface area contributed by atoms with E-state index in [2.05, 4.69) is 5.32 Å². The van der Waals surface area contributed by atoms with Crippen molar-refractivity contribution < 1.29 is 19.3 Å². The van der Waals surface area contributed by atoms with E-state index >= 15 is 0 Å². The molecule has 0 bridgehead atoms. The number of fused-ring (bicyclic) bond motifs is 1. The van der Waals surface area contributed by atoms with Crippen LogP contribution in [0.15, 0.2) is 18.2 Å². The monoisotopic (exact) mass is 265 g/mol. The third-order valence-corrected chi connectivity index (χ3v) is 3.58. The zero-order valence-corrected chi connectivity index (χ0v) is 10.8. The largest absolute Gasteiger partial charge is 0.454 e. The van der Waals surface area contributed by atoms with Crippen LogP contribution in [0.2, 0.25) is 0 Å². The van der Waals surface area contributed by atoms with Gasteiger partial charge in [0, 0.05) is 19.7 Å². The van der Waals surface area contributed by atoms with Crippen molar-refractivity contribution in [3.8, 4) is 11.5 Å². The van der Waals surface area contributed by atoms with Crippen molar-refractivity contribution in [3.63, 3.8) is 0 Å². The summed E-state index contributed by atoms with van der Waals surface area (Å²) in [7, 11) is 0. The summed E-state index contributed by atoms with van der Waals surface area (Å²) >= 11 is 0. The molecule has 1 saturated heterocycles. The van der Waals surface area contributed by atoms with E-state index in [4.69, 9.17) is 14.2 Å². The Morgan fingerprint density at radius 1 is 1.32 bits per heavy atom. The number of nitrogens with one attached hydrogen (secondary N) is 1. The molecule has 0 aromatic heterocycles. The summed E-state index contributed by atoms with van der Waals surface area (Å²) in [5, 5.41) is 13.4. The average Bonchev–Trinajstić information content (AvgIpc) is 3.08. The minimum absolute atomic E-state index is 0.259. The SMILES string of the molecule is OC(CNCC1CCOC1)c1ccc2c(c1)OCO2. The van der Waals surface area contributed by atoms with Gasteiger partial charge in [-0.3, -0.25) is 0 Å². The molecule has 0 radical (unpaired) electrons. The van der Waals surface area contributed by atoms with Gasteiger partial charge in [0.25, 0.3) is 0 Å². The maximum Gasteiger partial charge on any atom is 0.231 e. The number of hydrogen-bond acceptors (Lipinski definition) is 5. The summed E-state index contributed by atoms with van der Waals surface area (Å²) in [4.78, 5) is 0. The van der Waals surface area contributed by atoms with E-state index in [1.54, 1.807) is 0 Å². The molecule has 1 aromatic rings. The molecule has 19 heavy (non-hydrogen) atoms. The van der Waals surface area contributed by atoms with Crippen LogP contribution in [-0.2, 0) is 4.74 Å². The van der Waals surface area contributed by atoms with Crippen LogP contribution in [0.5, 0.6) is 11.5 Å². The van der Waals surface area contributed by atoms with Gasteiger partial charge < -0.3 is 24.6 Å². The molecule has 1 fully saturated rings. The highest BCUT2D eigenvalue weighted by atomic mass is 16.7. The van der Waals surface area contributed by atoms with Crippen molar-refractivity contribution in [2.75, 3.05) is 33.1 Å². The summed E-state index contributed by atoms with van der Waals surface area (Å²) in [6.45, 7) is 3.37. The van der Waals surface area contributed by atoms with Crippen LogP contribution in [0.25, 0.3) is 0 Å². The van der Waals surface area contributed by atoms with E-state index in [9.17, 15) is 5.11 Å². The molecule has 104 valence electrons. The molecule has 1 aromatic carbocycles. The molecule has 2 heterocycles. The highest BCUT2D eigenvalue weighted by Gasteiger charge is 2.18. The van der Waals surface area contributed by atoms with E-state index in [0.29, 0.717) is 18.2 Å². The average molecular weight is 265 g/mol. The van der Waals surface area contributed by atoms with Gasteiger partial charge in [-0.2, -0.15) is 0 Å². The van der Waals surface area contributed by atoms with Crippen molar-refractivity contribution in [2.45, 2.75) is 12.5 Å². The predicted octanol–water partition coefficient (Wildman–Crippen LogP) is 1.07. The van der Waals surface area contributed by atoms with Crippen LogP contribution in [0.3, 0.4) is 0 Å². The number of rotatable bonds is 5. The molecule has 2 N–H and O–H groups in total. The molecule has 2 atom stereocenters. The molecule has 0 aliphatic carbocycles. The van der Waals surface area contributed by atoms with Gasteiger partial charge in [0.2, 0.25) is 6.79 Å². The van der Waals surface area contributed by atoms with Gasteiger partial charge in [-0.1, -0.05) is 6.07 Å². The normalized spacial score (nSPS) is 22.7. The minimum atomic E-state index is -0.531. The summed E-state index contributed by atoms with van der Waals surface area (Å²) in [6.07, 6.45) is 0.574. The Balaban J connectivity index is 1.50. The van der Waals surface area contributed by atoms with E-state index in [1.165, 1.54) is 0 Å². The predicted molar refractivity (Wildman–Crippen MR) is 69.3 cm³/mol. The van der Waals surface area contributed by atoms with Crippen LogP contribution in [-0.4, -0.2) is 38.2 Å². The van der Waals surface area contributed by atoms with Crippen LogP contribution in [0.4, 0.5) is 0 Å². The Morgan fingerprint density at radius 3 is 3.05 bits per heavy atom. The lowest BCUT2D eigenvalue weighted by atomic mass is 10.1. The number of ether oxygens (including phenoxy) is 3. The Hall–Kier alpha value is -1.30. The van der Waals surface area contributed by atoms with Gasteiger partial charge in [-0.05, 0) is 30.0 Å². The van der Waals surface area contributed by atoms with Gasteiger partial charge in [-0.15, -0.1) is 0 Å². The first-order valence-electron chi connectivity index (χ1n) is 6.69. The Morgan fingerprint density at radius 2 is 2.21 bits per heavy atom. The number of hydrogen-bond donors (Lipinski definition) is 2. The second kappa shape index (κ2) is 5.77. The van der Waals surface area contributed by atoms with Gasteiger partial charge >= 0.3 is 0 Å². The lowest BCUT2D eigenvalue weighted by Gasteiger charge is -2.14. The quantitative estimate of drug-likeness (QED) is 0.834. The van der Waals surface area contributed by atoms with Crippen LogP contribution < -0.4 is 14.8 Å². The Kier molecular flexibility index (Phi) is 3.87. The molecule has 2 unspecified atom stereocenters. The molecule has 0 spiro atoms. The molecule has 3 rings (SSSR count). The van der Waals surface area contributed by atoms with Crippen LogP contribution in [0.1, 0.15) is 18.1 Å². The fourth-order valence-corrected chi connectivity index (χ4v) is 2.41. The molecule has 2 aliphatic heterocycles. The first-order valence-corrected chi connectivity index (χ1v) is 6.69. The van der Waals surface area contributed by atoms with Crippen molar-refractivity contribution in [1.82, 2.24) is 5.32 Å². The number of aliphatic hydroxyl groups is 1. The fraction of sp³-hybridized carbons (Fsp3) is 0.571. The molecular weight excluding hydrogens is 246 g/mol. The molecule has 0 amide bonds. The molecular formula is C14H19NO4. The maximum atomic E-state index is 10.1. The summed E-state index contributed by atoms with van der Waals surface area (Å²) in [5.74, 6) is 2.02. The van der Waals surface area contributed by atoms with Gasteiger partial charge in [0.1, 0.15) is 0 Å². The number of benzene rings is 1. The zero-order valence-electron chi connectivity index (χ0n) is 10.8. The standard InChI is InChI=1S/C14H19NO4/c16-12(7-15-6-10-3-4-17-8-10)11-1-2-13-14(5-11)19-9-18-13/h1-2,5,10,12,15-16H,3-4,6-9H2. The van der Waals surface area contributed by atoms with Crippen molar-refractivity contribution in [3.05, 3.63) is 23.8 Å². The third-order valence-electron chi connectivity index (χ3n) is 3.58. The highest BCUT2D eigenvalue weighted by molar-refractivity contribution is 5.45. The summed E-state index contributed by atoms with van der Waals surface area (Å²) in [6, 6.07) is 5.55. The maximum absolute atomic E-state index is 10.1. The van der Waals surface area contributed by atoms with E-state index in [-0.39, 0.29) is 6.79 Å². The molecule has 5 nitrogen and oxygen atoms in total. The smallest absolute Gasteiger partial charge is 0.231 e.